The van der Waals surface area contributed by atoms with Crippen LogP contribution in [0.3, 0.4) is 0 Å². The lowest BCUT2D eigenvalue weighted by Crippen LogP contribution is -2.57. The maximum atomic E-state index is 11.8. The van der Waals surface area contributed by atoms with E-state index in [1.165, 1.54) is 6.42 Å². The Kier molecular flexibility index (Phi) is 2.91. The normalized spacial score (nSPS) is 28.4. The van der Waals surface area contributed by atoms with Crippen molar-refractivity contribution in [2.24, 2.45) is 0 Å². The van der Waals surface area contributed by atoms with Crippen molar-refractivity contribution >= 4 is 6.03 Å². The van der Waals surface area contributed by atoms with Crippen LogP contribution in [0.5, 0.6) is 0 Å². The van der Waals surface area contributed by atoms with Crippen molar-refractivity contribution in [3.63, 3.8) is 0 Å². The zero-order chi connectivity index (χ0) is 9.97. The molecule has 1 heterocycles. The SMILES string of the molecule is CC1CNCCN1C(=O)NC1CCC1. The fraction of sp³-hybridized carbons (Fsp3) is 0.900. The molecule has 0 aromatic rings. The number of piperazine rings is 1. The first-order valence-corrected chi connectivity index (χ1v) is 5.55. The van der Waals surface area contributed by atoms with E-state index in [9.17, 15) is 4.79 Å². The van der Waals surface area contributed by atoms with Crippen molar-refractivity contribution in [2.45, 2.75) is 38.3 Å². The minimum atomic E-state index is 0.128. The topological polar surface area (TPSA) is 44.4 Å². The maximum absolute atomic E-state index is 11.8. The fourth-order valence-corrected chi connectivity index (χ4v) is 1.95. The molecule has 80 valence electrons. The van der Waals surface area contributed by atoms with Crippen LogP contribution in [0.15, 0.2) is 0 Å². The van der Waals surface area contributed by atoms with Gasteiger partial charge in [0.2, 0.25) is 0 Å². The number of nitrogens with one attached hydrogen (secondary N) is 2. The van der Waals surface area contributed by atoms with Crippen molar-refractivity contribution in [2.75, 3.05) is 19.6 Å². The quantitative estimate of drug-likeness (QED) is 0.644. The Hall–Kier alpha value is -0.770. The lowest BCUT2D eigenvalue weighted by molar-refractivity contribution is 0.155. The molecule has 2 aliphatic rings. The molecule has 0 aromatic carbocycles. The number of amides is 2. The molecular formula is C10H19N3O. The summed E-state index contributed by atoms with van der Waals surface area (Å²) in [6.45, 7) is 4.76. The molecule has 0 bridgehead atoms. The third kappa shape index (κ3) is 2.00. The summed E-state index contributed by atoms with van der Waals surface area (Å²) in [6, 6.07) is 0.900. The van der Waals surface area contributed by atoms with Gasteiger partial charge in [-0.3, -0.25) is 0 Å². The van der Waals surface area contributed by atoms with Crippen LogP contribution in [0.4, 0.5) is 4.79 Å². The first-order valence-electron chi connectivity index (χ1n) is 5.55. The zero-order valence-electron chi connectivity index (χ0n) is 8.75. The molecule has 1 saturated carbocycles. The standard InChI is InChI=1S/C10H19N3O/c1-8-7-11-5-6-13(8)10(14)12-9-3-2-4-9/h8-9,11H,2-7H2,1H3,(H,12,14). The molecule has 2 rings (SSSR count). The minimum absolute atomic E-state index is 0.128. The molecule has 0 radical (unpaired) electrons. The molecule has 1 aliphatic carbocycles. The lowest BCUT2D eigenvalue weighted by Gasteiger charge is -2.36. The van der Waals surface area contributed by atoms with E-state index in [0.29, 0.717) is 12.1 Å². The summed E-state index contributed by atoms with van der Waals surface area (Å²) >= 11 is 0. The van der Waals surface area contributed by atoms with Crippen molar-refractivity contribution in [1.82, 2.24) is 15.5 Å². The maximum Gasteiger partial charge on any atom is 0.317 e. The first-order chi connectivity index (χ1) is 6.77. The molecule has 2 N–H and O–H groups in total. The van der Waals surface area contributed by atoms with Gasteiger partial charge in [0.25, 0.3) is 0 Å². The number of carbonyl (C=O) groups excluding carboxylic acids is 1. The smallest absolute Gasteiger partial charge is 0.317 e. The van der Waals surface area contributed by atoms with Gasteiger partial charge < -0.3 is 15.5 Å². The summed E-state index contributed by atoms with van der Waals surface area (Å²) in [5.41, 5.74) is 0. The Morgan fingerprint density at radius 2 is 2.29 bits per heavy atom. The van der Waals surface area contributed by atoms with Crippen molar-refractivity contribution in [1.29, 1.82) is 0 Å². The summed E-state index contributed by atoms with van der Waals surface area (Å²) in [5.74, 6) is 0. The number of carbonyl (C=O) groups is 1. The van der Waals surface area contributed by atoms with Gasteiger partial charge >= 0.3 is 6.03 Å². The van der Waals surface area contributed by atoms with Crippen molar-refractivity contribution in [3.05, 3.63) is 0 Å². The van der Waals surface area contributed by atoms with Crippen LogP contribution in [-0.4, -0.2) is 42.6 Å². The molecule has 1 unspecified atom stereocenters. The second-order valence-electron chi connectivity index (χ2n) is 4.32. The molecule has 4 nitrogen and oxygen atoms in total. The number of urea groups is 1. The largest absolute Gasteiger partial charge is 0.335 e. The highest BCUT2D eigenvalue weighted by Gasteiger charge is 2.26. The summed E-state index contributed by atoms with van der Waals surface area (Å²) in [4.78, 5) is 13.7. The van der Waals surface area contributed by atoms with E-state index in [2.05, 4.69) is 17.6 Å². The monoisotopic (exact) mass is 197 g/mol. The molecule has 1 saturated heterocycles. The van der Waals surface area contributed by atoms with Gasteiger partial charge in [0.1, 0.15) is 0 Å². The van der Waals surface area contributed by atoms with Gasteiger partial charge in [-0.15, -0.1) is 0 Å². The Morgan fingerprint density at radius 1 is 1.50 bits per heavy atom. The van der Waals surface area contributed by atoms with E-state index in [1.807, 2.05) is 4.90 Å². The van der Waals surface area contributed by atoms with E-state index in [0.717, 1.165) is 32.5 Å². The number of nitrogens with zero attached hydrogens (tertiary/aromatic N) is 1. The van der Waals surface area contributed by atoms with Gasteiger partial charge in [-0.1, -0.05) is 0 Å². The average molecular weight is 197 g/mol. The van der Waals surface area contributed by atoms with Gasteiger partial charge in [0.15, 0.2) is 0 Å². The van der Waals surface area contributed by atoms with Crippen LogP contribution in [-0.2, 0) is 0 Å². The zero-order valence-corrected chi connectivity index (χ0v) is 8.75. The van der Waals surface area contributed by atoms with Gasteiger partial charge in [-0.25, -0.2) is 4.79 Å². The highest BCUT2D eigenvalue weighted by Crippen LogP contribution is 2.18. The predicted molar refractivity (Wildman–Crippen MR) is 55.2 cm³/mol. The molecule has 0 spiro atoms. The van der Waals surface area contributed by atoms with Crippen LogP contribution < -0.4 is 10.6 Å². The minimum Gasteiger partial charge on any atom is -0.335 e. The molecule has 1 atom stereocenters. The number of hydrogen-bond acceptors (Lipinski definition) is 2. The average Bonchev–Trinajstić information content (AvgIpc) is 2.12. The van der Waals surface area contributed by atoms with E-state index in [-0.39, 0.29) is 6.03 Å². The predicted octanol–water partition coefficient (Wildman–Crippen LogP) is 0.542. The Balaban J connectivity index is 1.82. The summed E-state index contributed by atoms with van der Waals surface area (Å²) in [6.07, 6.45) is 3.58. The van der Waals surface area contributed by atoms with Crippen molar-refractivity contribution in [3.8, 4) is 0 Å². The summed E-state index contributed by atoms with van der Waals surface area (Å²) in [7, 11) is 0. The Morgan fingerprint density at radius 3 is 2.86 bits per heavy atom. The van der Waals surface area contributed by atoms with E-state index in [1.54, 1.807) is 0 Å². The Bertz CT molecular complexity index is 215. The molecule has 4 heteroatoms. The third-order valence-corrected chi connectivity index (χ3v) is 3.19. The lowest BCUT2D eigenvalue weighted by atomic mass is 9.93. The summed E-state index contributed by atoms with van der Waals surface area (Å²) < 4.78 is 0. The Labute approximate surface area is 85.0 Å². The number of hydrogen-bond donors (Lipinski definition) is 2. The van der Waals surface area contributed by atoms with Gasteiger partial charge in [-0.05, 0) is 26.2 Å². The second kappa shape index (κ2) is 4.17. The van der Waals surface area contributed by atoms with Gasteiger partial charge in [-0.2, -0.15) is 0 Å². The third-order valence-electron chi connectivity index (χ3n) is 3.19. The summed E-state index contributed by atoms with van der Waals surface area (Å²) in [5, 5.41) is 6.35. The first kappa shape index (κ1) is 9.77. The molecule has 14 heavy (non-hydrogen) atoms. The van der Waals surface area contributed by atoms with Crippen LogP contribution in [0, 0.1) is 0 Å². The highest BCUT2D eigenvalue weighted by molar-refractivity contribution is 5.75. The van der Waals surface area contributed by atoms with E-state index < -0.39 is 0 Å². The van der Waals surface area contributed by atoms with E-state index >= 15 is 0 Å². The highest BCUT2D eigenvalue weighted by atomic mass is 16.2. The molecular weight excluding hydrogens is 178 g/mol. The van der Waals surface area contributed by atoms with Gasteiger partial charge in [0, 0.05) is 31.7 Å². The van der Waals surface area contributed by atoms with Crippen LogP contribution in [0.25, 0.3) is 0 Å². The van der Waals surface area contributed by atoms with Gasteiger partial charge in [0.05, 0.1) is 0 Å². The molecule has 2 fully saturated rings. The fourth-order valence-electron chi connectivity index (χ4n) is 1.95. The van der Waals surface area contributed by atoms with Crippen molar-refractivity contribution < 1.29 is 4.79 Å². The van der Waals surface area contributed by atoms with E-state index in [4.69, 9.17) is 0 Å². The number of rotatable bonds is 1. The molecule has 0 aromatic heterocycles. The van der Waals surface area contributed by atoms with Crippen LogP contribution in [0.2, 0.25) is 0 Å². The van der Waals surface area contributed by atoms with Crippen LogP contribution >= 0.6 is 0 Å². The van der Waals surface area contributed by atoms with Crippen LogP contribution in [0.1, 0.15) is 26.2 Å². The molecule has 1 aliphatic heterocycles. The second-order valence-corrected chi connectivity index (χ2v) is 4.32. The molecule has 2 amide bonds.